The summed E-state index contributed by atoms with van der Waals surface area (Å²) < 4.78 is 26.2. The molecule has 0 saturated carbocycles. The molecule has 0 amide bonds. The lowest BCUT2D eigenvalue weighted by atomic mass is 10.2. The van der Waals surface area contributed by atoms with Crippen LogP contribution in [-0.4, -0.2) is 21.9 Å². The van der Waals surface area contributed by atoms with E-state index in [2.05, 4.69) is 4.98 Å². The molecule has 2 N–H and O–H groups in total. The minimum atomic E-state index is -2.50. The van der Waals surface area contributed by atoms with Crippen LogP contribution >= 0.6 is 0 Å². The lowest BCUT2D eigenvalue weighted by Crippen LogP contribution is -2.31. The fourth-order valence-electron chi connectivity index (χ4n) is 1.42. The van der Waals surface area contributed by atoms with Gasteiger partial charge in [0, 0.05) is 18.8 Å². The molecular weight excluding hydrogens is 200 g/mol. The van der Waals surface area contributed by atoms with E-state index in [1.807, 2.05) is 24.4 Å². The van der Waals surface area contributed by atoms with E-state index in [9.17, 15) is 8.78 Å². The number of hydrogen-bond donors (Lipinski definition) is 1. The van der Waals surface area contributed by atoms with Crippen molar-refractivity contribution < 1.29 is 8.78 Å². The molecule has 0 bridgehead atoms. The molecule has 0 aliphatic carbocycles. The number of fused-ring (bicyclic) bond motifs is 1. The van der Waals surface area contributed by atoms with E-state index in [-0.39, 0.29) is 6.42 Å². The van der Waals surface area contributed by atoms with E-state index in [4.69, 9.17) is 5.73 Å². The lowest BCUT2D eigenvalue weighted by Gasteiger charge is -2.06. The van der Waals surface area contributed by atoms with Gasteiger partial charge >= 0.3 is 0 Å². The monoisotopic (exact) mass is 211 g/mol. The SMILES string of the molecule is NC(Cc1cn2ccccc2n1)C(F)F. The number of nitrogens with two attached hydrogens (primary N) is 1. The molecule has 15 heavy (non-hydrogen) atoms. The maximum Gasteiger partial charge on any atom is 0.253 e. The Labute approximate surface area is 85.5 Å². The predicted molar refractivity (Wildman–Crippen MR) is 52.9 cm³/mol. The summed E-state index contributed by atoms with van der Waals surface area (Å²) in [6.45, 7) is 0. The van der Waals surface area contributed by atoms with Crippen molar-refractivity contribution in [3.05, 3.63) is 36.3 Å². The molecule has 0 aromatic carbocycles. The molecule has 0 saturated heterocycles. The Bertz CT molecular complexity index is 420. The smallest absolute Gasteiger partial charge is 0.253 e. The Hall–Kier alpha value is -1.49. The molecule has 0 spiro atoms. The van der Waals surface area contributed by atoms with Crippen LogP contribution in [0.2, 0.25) is 0 Å². The molecule has 3 nitrogen and oxygen atoms in total. The summed E-state index contributed by atoms with van der Waals surface area (Å²) in [5, 5.41) is 0. The number of halogens is 2. The van der Waals surface area contributed by atoms with Gasteiger partial charge in [-0.15, -0.1) is 0 Å². The van der Waals surface area contributed by atoms with E-state index >= 15 is 0 Å². The third-order valence-electron chi connectivity index (χ3n) is 2.18. The summed E-state index contributed by atoms with van der Waals surface area (Å²) in [5.74, 6) is 0. The Morgan fingerprint density at radius 2 is 2.20 bits per heavy atom. The summed E-state index contributed by atoms with van der Waals surface area (Å²) in [5.41, 5.74) is 6.61. The highest BCUT2D eigenvalue weighted by molar-refractivity contribution is 5.39. The molecule has 80 valence electrons. The number of rotatable bonds is 3. The van der Waals surface area contributed by atoms with Crippen LogP contribution in [0.4, 0.5) is 8.78 Å². The van der Waals surface area contributed by atoms with Crippen molar-refractivity contribution in [1.82, 2.24) is 9.38 Å². The average molecular weight is 211 g/mol. The topological polar surface area (TPSA) is 43.3 Å². The normalized spacial score (nSPS) is 13.6. The quantitative estimate of drug-likeness (QED) is 0.835. The minimum Gasteiger partial charge on any atom is -0.323 e. The van der Waals surface area contributed by atoms with Crippen molar-refractivity contribution in [2.24, 2.45) is 5.73 Å². The Balaban J connectivity index is 2.22. The van der Waals surface area contributed by atoms with Crippen LogP contribution in [0, 0.1) is 0 Å². The number of imidazole rings is 1. The third-order valence-corrected chi connectivity index (χ3v) is 2.18. The Morgan fingerprint density at radius 3 is 2.87 bits per heavy atom. The van der Waals surface area contributed by atoms with Gasteiger partial charge in [0.25, 0.3) is 6.43 Å². The first kappa shape index (κ1) is 10.0. The highest BCUT2D eigenvalue weighted by Crippen LogP contribution is 2.09. The Kier molecular flexibility index (Phi) is 2.64. The molecule has 2 heterocycles. The van der Waals surface area contributed by atoms with Crippen LogP contribution in [0.15, 0.2) is 30.6 Å². The van der Waals surface area contributed by atoms with E-state index in [1.165, 1.54) is 0 Å². The minimum absolute atomic E-state index is 0.0966. The van der Waals surface area contributed by atoms with Crippen molar-refractivity contribution in [3.8, 4) is 0 Å². The lowest BCUT2D eigenvalue weighted by molar-refractivity contribution is 0.115. The molecule has 1 unspecified atom stereocenters. The number of hydrogen-bond acceptors (Lipinski definition) is 2. The van der Waals surface area contributed by atoms with Crippen LogP contribution in [0.25, 0.3) is 5.65 Å². The van der Waals surface area contributed by atoms with Gasteiger partial charge in [-0.1, -0.05) is 6.07 Å². The van der Waals surface area contributed by atoms with Crippen molar-refractivity contribution >= 4 is 5.65 Å². The van der Waals surface area contributed by atoms with E-state index < -0.39 is 12.5 Å². The van der Waals surface area contributed by atoms with Gasteiger partial charge in [-0.3, -0.25) is 0 Å². The number of alkyl halides is 2. The molecular formula is C10H11F2N3. The molecule has 2 aromatic rings. The third kappa shape index (κ3) is 2.12. The fourth-order valence-corrected chi connectivity index (χ4v) is 1.42. The predicted octanol–water partition coefficient (Wildman–Crippen LogP) is 1.47. The zero-order chi connectivity index (χ0) is 10.8. The van der Waals surface area contributed by atoms with E-state index in [0.717, 1.165) is 5.65 Å². The first-order chi connectivity index (χ1) is 7.16. The molecule has 0 fully saturated rings. The molecule has 0 aliphatic rings. The first-order valence-electron chi connectivity index (χ1n) is 4.63. The summed E-state index contributed by atoms with van der Waals surface area (Å²) in [7, 11) is 0. The van der Waals surface area contributed by atoms with Crippen LogP contribution in [0.3, 0.4) is 0 Å². The van der Waals surface area contributed by atoms with Gasteiger partial charge in [-0.25, -0.2) is 13.8 Å². The zero-order valence-electron chi connectivity index (χ0n) is 7.98. The molecule has 2 rings (SSSR count). The highest BCUT2D eigenvalue weighted by Gasteiger charge is 2.16. The van der Waals surface area contributed by atoms with Crippen LogP contribution in [0.5, 0.6) is 0 Å². The first-order valence-corrected chi connectivity index (χ1v) is 4.63. The summed E-state index contributed by atoms with van der Waals surface area (Å²) in [4.78, 5) is 4.18. The zero-order valence-corrected chi connectivity index (χ0v) is 7.98. The maximum atomic E-state index is 12.2. The second-order valence-corrected chi connectivity index (χ2v) is 3.40. The van der Waals surface area contributed by atoms with Gasteiger partial charge in [-0.2, -0.15) is 0 Å². The molecule has 1 atom stereocenters. The maximum absolute atomic E-state index is 12.2. The summed E-state index contributed by atoms with van der Waals surface area (Å²) >= 11 is 0. The van der Waals surface area contributed by atoms with E-state index in [0.29, 0.717) is 5.69 Å². The van der Waals surface area contributed by atoms with Gasteiger partial charge in [0.15, 0.2) is 0 Å². The van der Waals surface area contributed by atoms with Crippen LogP contribution < -0.4 is 5.73 Å². The van der Waals surface area contributed by atoms with Gasteiger partial charge in [0.2, 0.25) is 0 Å². The standard InChI is InChI=1S/C10H11F2N3/c11-10(12)8(13)5-7-6-15-4-2-1-3-9(15)14-7/h1-4,6,8,10H,5,13H2. The van der Waals surface area contributed by atoms with Crippen LogP contribution in [0.1, 0.15) is 5.69 Å². The second-order valence-electron chi connectivity index (χ2n) is 3.40. The number of nitrogens with zero attached hydrogens (tertiary/aromatic N) is 2. The largest absolute Gasteiger partial charge is 0.323 e. The van der Waals surface area contributed by atoms with Gasteiger partial charge < -0.3 is 10.1 Å². The molecule has 5 heteroatoms. The molecule has 0 radical (unpaired) electrons. The van der Waals surface area contributed by atoms with Crippen molar-refractivity contribution in [2.45, 2.75) is 18.9 Å². The second kappa shape index (κ2) is 3.94. The number of pyridine rings is 1. The van der Waals surface area contributed by atoms with Crippen LogP contribution in [-0.2, 0) is 6.42 Å². The number of aromatic nitrogens is 2. The van der Waals surface area contributed by atoms with Gasteiger partial charge in [0.05, 0.1) is 11.7 Å². The van der Waals surface area contributed by atoms with Crippen molar-refractivity contribution in [3.63, 3.8) is 0 Å². The average Bonchev–Trinajstić information content (AvgIpc) is 2.59. The van der Waals surface area contributed by atoms with Crippen molar-refractivity contribution in [2.75, 3.05) is 0 Å². The highest BCUT2D eigenvalue weighted by atomic mass is 19.3. The van der Waals surface area contributed by atoms with Crippen molar-refractivity contribution in [1.29, 1.82) is 0 Å². The summed E-state index contributed by atoms with van der Waals surface area (Å²) in [6, 6.07) is 4.37. The molecule has 2 aromatic heterocycles. The molecule has 0 aliphatic heterocycles. The summed E-state index contributed by atoms with van der Waals surface area (Å²) in [6.07, 6.45) is 1.13. The Morgan fingerprint density at radius 1 is 1.40 bits per heavy atom. The fraction of sp³-hybridized carbons (Fsp3) is 0.300. The van der Waals surface area contributed by atoms with Gasteiger partial charge in [-0.05, 0) is 12.1 Å². The van der Waals surface area contributed by atoms with Gasteiger partial charge in [0.1, 0.15) is 5.65 Å². The van der Waals surface area contributed by atoms with E-state index in [1.54, 1.807) is 10.6 Å².